The van der Waals surface area contributed by atoms with E-state index in [-0.39, 0.29) is 5.69 Å². The fourth-order valence-electron chi connectivity index (χ4n) is 2.48. The molecule has 0 bridgehead atoms. The maximum atomic E-state index is 13.9. The lowest BCUT2D eigenvalue weighted by Gasteiger charge is -2.17. The zero-order valence-electron chi connectivity index (χ0n) is 9.83. The van der Waals surface area contributed by atoms with Crippen LogP contribution in [0.5, 0.6) is 5.75 Å². The molecule has 0 aliphatic carbocycles. The van der Waals surface area contributed by atoms with E-state index in [2.05, 4.69) is 4.85 Å². The highest BCUT2D eigenvalue weighted by Crippen LogP contribution is 2.43. The summed E-state index contributed by atoms with van der Waals surface area (Å²) in [5.74, 6) is -0.0552. The van der Waals surface area contributed by atoms with Gasteiger partial charge in [0.15, 0.2) is 0 Å². The molecule has 0 radical (unpaired) electrons. The molecule has 18 heavy (non-hydrogen) atoms. The molecule has 0 N–H and O–H groups in total. The number of nitrogens with zero attached hydrogens (tertiary/aromatic N) is 1. The van der Waals surface area contributed by atoms with Gasteiger partial charge < -0.3 is 9.47 Å². The first-order valence-corrected chi connectivity index (χ1v) is 5.94. The summed E-state index contributed by atoms with van der Waals surface area (Å²) in [4.78, 5) is 3.23. The molecular weight excluding hydrogens is 233 g/mol. The summed E-state index contributed by atoms with van der Waals surface area (Å²) in [6, 6.07) is 1.47. The van der Waals surface area contributed by atoms with Crippen LogP contribution in [0.25, 0.3) is 10.4 Å². The maximum Gasteiger partial charge on any atom is 0.263 e. The summed E-state index contributed by atoms with van der Waals surface area (Å²) < 4.78 is 24.6. The van der Waals surface area contributed by atoms with Gasteiger partial charge >= 0.3 is 0 Å². The van der Waals surface area contributed by atoms with Crippen LogP contribution in [-0.2, 0) is 11.2 Å². The summed E-state index contributed by atoms with van der Waals surface area (Å²) in [5, 5.41) is 0. The van der Waals surface area contributed by atoms with Gasteiger partial charge in [0.25, 0.3) is 5.69 Å². The molecule has 0 spiro atoms. The van der Waals surface area contributed by atoms with E-state index in [9.17, 15) is 4.39 Å². The molecule has 0 saturated carbocycles. The summed E-state index contributed by atoms with van der Waals surface area (Å²) >= 11 is 0. The molecule has 0 unspecified atom stereocenters. The Hall–Kier alpha value is -1.86. The van der Waals surface area contributed by atoms with Crippen molar-refractivity contribution in [3.63, 3.8) is 0 Å². The van der Waals surface area contributed by atoms with Crippen LogP contribution in [0.3, 0.4) is 0 Å². The zero-order valence-corrected chi connectivity index (χ0v) is 9.83. The SMILES string of the molecule is [C-]#[N+]c1c(F)cc(C2=CCOCC2)c2c1OCC2. The van der Waals surface area contributed by atoms with Gasteiger partial charge in [-0.1, -0.05) is 6.08 Å². The van der Waals surface area contributed by atoms with E-state index < -0.39 is 5.82 Å². The van der Waals surface area contributed by atoms with Crippen LogP contribution >= 0.6 is 0 Å². The normalized spacial score (nSPS) is 17.7. The van der Waals surface area contributed by atoms with Crippen LogP contribution in [0.2, 0.25) is 0 Å². The number of rotatable bonds is 1. The molecule has 2 aliphatic heterocycles. The quantitative estimate of drug-likeness (QED) is 0.709. The summed E-state index contributed by atoms with van der Waals surface area (Å²) in [5.41, 5.74) is 2.96. The highest BCUT2D eigenvalue weighted by molar-refractivity contribution is 5.77. The van der Waals surface area contributed by atoms with Crippen molar-refractivity contribution in [3.05, 3.63) is 40.5 Å². The molecular formula is C14H12FNO2. The molecule has 2 heterocycles. The Morgan fingerprint density at radius 1 is 1.28 bits per heavy atom. The largest absolute Gasteiger partial charge is 0.504 e. The molecule has 0 saturated heterocycles. The Balaban J connectivity index is 2.17. The van der Waals surface area contributed by atoms with E-state index in [1.54, 1.807) is 0 Å². The molecule has 3 rings (SSSR count). The van der Waals surface area contributed by atoms with Gasteiger partial charge in [0.05, 0.1) is 26.4 Å². The Labute approximate surface area is 105 Å². The number of hydrogen-bond donors (Lipinski definition) is 0. The molecule has 0 fully saturated rings. The predicted octanol–water partition coefficient (Wildman–Crippen LogP) is 3.12. The van der Waals surface area contributed by atoms with Crippen LogP contribution in [-0.4, -0.2) is 19.8 Å². The summed E-state index contributed by atoms with van der Waals surface area (Å²) in [7, 11) is 0. The van der Waals surface area contributed by atoms with Crippen molar-refractivity contribution < 1.29 is 13.9 Å². The standard InChI is InChI=1S/C14H12FNO2/c1-16-13-12(15)8-11(9-2-5-17-6-3-9)10-4-7-18-14(10)13/h2,8H,3-7H2. The average Bonchev–Trinajstić information content (AvgIpc) is 2.88. The van der Waals surface area contributed by atoms with Crippen LogP contribution in [0.4, 0.5) is 10.1 Å². The van der Waals surface area contributed by atoms with E-state index in [4.69, 9.17) is 16.0 Å². The maximum absolute atomic E-state index is 13.9. The fourth-order valence-corrected chi connectivity index (χ4v) is 2.48. The van der Waals surface area contributed by atoms with Gasteiger partial charge in [0.2, 0.25) is 0 Å². The van der Waals surface area contributed by atoms with Gasteiger partial charge in [-0.3, -0.25) is 0 Å². The first-order valence-electron chi connectivity index (χ1n) is 5.94. The molecule has 0 aromatic heterocycles. The topological polar surface area (TPSA) is 22.8 Å². The highest BCUT2D eigenvalue weighted by atomic mass is 19.1. The molecule has 1 aromatic rings. The van der Waals surface area contributed by atoms with Crippen LogP contribution in [0.1, 0.15) is 17.5 Å². The predicted molar refractivity (Wildman–Crippen MR) is 65.3 cm³/mol. The first-order chi connectivity index (χ1) is 8.81. The van der Waals surface area contributed by atoms with Gasteiger partial charge in [0, 0.05) is 6.42 Å². The zero-order chi connectivity index (χ0) is 12.5. The number of ether oxygens (including phenoxy) is 2. The Bertz CT molecular complexity index is 572. The molecule has 0 atom stereocenters. The third-order valence-corrected chi connectivity index (χ3v) is 3.33. The van der Waals surface area contributed by atoms with E-state index in [0.717, 1.165) is 29.5 Å². The lowest BCUT2D eigenvalue weighted by Crippen LogP contribution is -2.05. The molecule has 0 amide bonds. The lowest BCUT2D eigenvalue weighted by molar-refractivity contribution is 0.161. The average molecular weight is 245 g/mol. The number of fused-ring (bicyclic) bond motifs is 1. The van der Waals surface area contributed by atoms with Crippen molar-refractivity contribution in [1.29, 1.82) is 0 Å². The van der Waals surface area contributed by atoms with Crippen molar-refractivity contribution in [2.75, 3.05) is 19.8 Å². The van der Waals surface area contributed by atoms with E-state index in [1.165, 1.54) is 6.07 Å². The van der Waals surface area contributed by atoms with E-state index >= 15 is 0 Å². The van der Waals surface area contributed by atoms with Crippen LogP contribution in [0.15, 0.2) is 12.1 Å². The monoisotopic (exact) mass is 245 g/mol. The van der Waals surface area contributed by atoms with Crippen molar-refractivity contribution in [1.82, 2.24) is 0 Å². The summed E-state index contributed by atoms with van der Waals surface area (Å²) in [6.45, 7) is 8.79. The van der Waals surface area contributed by atoms with Gasteiger partial charge in [0.1, 0.15) is 11.6 Å². The fraction of sp³-hybridized carbons (Fsp3) is 0.357. The molecule has 1 aromatic carbocycles. The third kappa shape index (κ3) is 1.68. The van der Waals surface area contributed by atoms with Crippen molar-refractivity contribution >= 4 is 11.3 Å². The minimum absolute atomic E-state index is 0.0129. The number of benzene rings is 1. The number of hydrogen-bond acceptors (Lipinski definition) is 2. The second-order valence-electron chi connectivity index (χ2n) is 4.33. The lowest BCUT2D eigenvalue weighted by atomic mass is 9.94. The third-order valence-electron chi connectivity index (χ3n) is 3.33. The van der Waals surface area contributed by atoms with E-state index in [1.807, 2.05) is 6.08 Å². The van der Waals surface area contributed by atoms with Crippen molar-refractivity contribution in [2.24, 2.45) is 0 Å². The molecule has 92 valence electrons. The molecule has 3 nitrogen and oxygen atoms in total. The van der Waals surface area contributed by atoms with Gasteiger partial charge in [-0.15, -0.1) is 0 Å². The van der Waals surface area contributed by atoms with Crippen LogP contribution < -0.4 is 4.74 Å². The minimum Gasteiger partial charge on any atom is -0.504 e. The Morgan fingerprint density at radius 3 is 2.89 bits per heavy atom. The first kappa shape index (κ1) is 11.2. The Kier molecular flexibility index (Phi) is 2.77. The number of halogens is 1. The summed E-state index contributed by atoms with van der Waals surface area (Å²) in [6.07, 6.45) is 3.50. The minimum atomic E-state index is -0.493. The van der Waals surface area contributed by atoms with Gasteiger partial charge in [-0.25, -0.2) is 9.24 Å². The molecule has 2 aliphatic rings. The van der Waals surface area contributed by atoms with Crippen molar-refractivity contribution in [3.8, 4) is 5.75 Å². The smallest absolute Gasteiger partial charge is 0.263 e. The highest BCUT2D eigenvalue weighted by Gasteiger charge is 2.25. The van der Waals surface area contributed by atoms with E-state index in [0.29, 0.717) is 25.6 Å². The van der Waals surface area contributed by atoms with Crippen molar-refractivity contribution in [2.45, 2.75) is 12.8 Å². The van der Waals surface area contributed by atoms with Gasteiger partial charge in [-0.2, -0.15) is 0 Å². The van der Waals surface area contributed by atoms with Gasteiger partial charge in [-0.05, 0) is 29.2 Å². The Morgan fingerprint density at radius 2 is 2.17 bits per heavy atom. The second-order valence-corrected chi connectivity index (χ2v) is 4.33. The second kappa shape index (κ2) is 4.43. The molecule has 4 heteroatoms. The van der Waals surface area contributed by atoms with Crippen LogP contribution in [0, 0.1) is 12.4 Å².